The molecule has 0 saturated heterocycles. The molecule has 0 fully saturated rings. The number of benzene rings is 3. The quantitative estimate of drug-likeness (QED) is 0.275. The molecule has 0 spiro atoms. The molecule has 1 aliphatic heterocycles. The standard InChI is InChI=1S/C29H23Cl2N5O3S/c1-17-27(28(38)36(34(17)2)21-6-4-3-5-7-21)33-29-35(14-19-8-10-20(30)13-22(19)31)24(16-40-29)18-9-11-25-23(12-18)32-26(37)15-39-25/h3-13,16H,14-15H2,1-2H3,(H,32,37). The van der Waals surface area contributed by atoms with Crippen LogP contribution < -0.4 is 20.4 Å². The van der Waals surface area contributed by atoms with E-state index < -0.39 is 0 Å². The first-order valence-corrected chi connectivity index (χ1v) is 14.0. The van der Waals surface area contributed by atoms with Gasteiger partial charge in [0.05, 0.1) is 29.3 Å². The average molecular weight is 593 g/mol. The molecule has 0 saturated carbocycles. The Morgan fingerprint density at radius 1 is 1.05 bits per heavy atom. The smallest absolute Gasteiger partial charge is 0.297 e. The van der Waals surface area contributed by atoms with Crippen molar-refractivity contribution in [3.63, 3.8) is 0 Å². The normalized spacial score (nSPS) is 13.2. The molecular formula is C29H23Cl2N5O3S. The molecule has 0 bridgehead atoms. The second-order valence-electron chi connectivity index (χ2n) is 9.30. The van der Waals surface area contributed by atoms with E-state index >= 15 is 0 Å². The van der Waals surface area contributed by atoms with E-state index in [9.17, 15) is 9.59 Å². The van der Waals surface area contributed by atoms with Gasteiger partial charge in [0, 0.05) is 28.0 Å². The Labute approximate surface area is 243 Å². The molecular weight excluding hydrogens is 569 g/mol. The zero-order valence-corrected chi connectivity index (χ0v) is 23.8. The van der Waals surface area contributed by atoms with Gasteiger partial charge in [-0.3, -0.25) is 14.3 Å². The highest BCUT2D eigenvalue weighted by Gasteiger charge is 2.20. The van der Waals surface area contributed by atoms with Gasteiger partial charge in [0.25, 0.3) is 11.5 Å². The first kappa shape index (κ1) is 26.2. The van der Waals surface area contributed by atoms with Crippen LogP contribution in [0.15, 0.2) is 81.9 Å². The molecule has 3 heterocycles. The van der Waals surface area contributed by atoms with Crippen LogP contribution in [0, 0.1) is 6.92 Å². The van der Waals surface area contributed by atoms with Crippen LogP contribution in [-0.4, -0.2) is 26.4 Å². The van der Waals surface area contributed by atoms with E-state index in [2.05, 4.69) is 5.32 Å². The maximum Gasteiger partial charge on any atom is 0.297 e. The van der Waals surface area contributed by atoms with Gasteiger partial charge in [0.2, 0.25) is 0 Å². The second-order valence-corrected chi connectivity index (χ2v) is 11.0. The lowest BCUT2D eigenvalue weighted by Crippen LogP contribution is -2.25. The second kappa shape index (κ2) is 10.5. The molecule has 202 valence electrons. The molecule has 5 aromatic rings. The van der Waals surface area contributed by atoms with Crippen LogP contribution in [0.2, 0.25) is 10.0 Å². The molecule has 8 nitrogen and oxygen atoms in total. The van der Waals surface area contributed by atoms with Gasteiger partial charge in [-0.05, 0) is 55.0 Å². The van der Waals surface area contributed by atoms with Crippen molar-refractivity contribution in [3.05, 3.63) is 109 Å². The molecule has 40 heavy (non-hydrogen) atoms. The highest BCUT2D eigenvalue weighted by atomic mass is 35.5. The Morgan fingerprint density at radius 3 is 2.62 bits per heavy atom. The summed E-state index contributed by atoms with van der Waals surface area (Å²) in [5.74, 6) is 0.401. The van der Waals surface area contributed by atoms with Crippen molar-refractivity contribution in [1.29, 1.82) is 0 Å². The van der Waals surface area contributed by atoms with Crippen molar-refractivity contribution < 1.29 is 9.53 Å². The number of ether oxygens (including phenoxy) is 1. The summed E-state index contributed by atoms with van der Waals surface area (Å²) in [6.07, 6.45) is 0. The fourth-order valence-corrected chi connectivity index (χ4v) is 6.03. The van der Waals surface area contributed by atoms with E-state index in [-0.39, 0.29) is 18.1 Å². The molecule has 0 aliphatic carbocycles. The predicted octanol–water partition coefficient (Wildman–Crippen LogP) is 5.93. The number of hydrogen-bond donors (Lipinski definition) is 1. The van der Waals surface area contributed by atoms with Gasteiger partial charge < -0.3 is 14.6 Å². The minimum atomic E-state index is -0.217. The molecule has 0 radical (unpaired) electrons. The average Bonchev–Trinajstić information content (AvgIpc) is 3.43. The summed E-state index contributed by atoms with van der Waals surface area (Å²) in [7, 11) is 1.84. The topological polar surface area (TPSA) is 82.6 Å². The van der Waals surface area contributed by atoms with Crippen LogP contribution in [0.5, 0.6) is 5.75 Å². The number of rotatable bonds is 5. The number of aromatic nitrogens is 3. The van der Waals surface area contributed by atoms with Crippen molar-refractivity contribution in [2.75, 3.05) is 11.9 Å². The fraction of sp³-hybridized carbons (Fsp3) is 0.138. The zero-order chi connectivity index (χ0) is 28.0. The number of thiazole rings is 1. The number of nitrogens with one attached hydrogen (secondary N) is 1. The largest absolute Gasteiger partial charge is 0.482 e. The lowest BCUT2D eigenvalue weighted by molar-refractivity contribution is -0.118. The molecule has 11 heteroatoms. The van der Waals surface area contributed by atoms with Gasteiger partial charge in [0.15, 0.2) is 17.1 Å². The third-order valence-corrected chi connectivity index (χ3v) is 8.23. The summed E-state index contributed by atoms with van der Waals surface area (Å²) in [5.41, 5.74) is 4.74. The molecule has 3 aromatic carbocycles. The third kappa shape index (κ3) is 4.77. The SMILES string of the molecule is Cc1c(N=c2scc(-c3ccc4c(c3)NC(=O)CO4)n2Cc2ccc(Cl)cc2Cl)c(=O)n(-c2ccccc2)n1C. The summed E-state index contributed by atoms with van der Waals surface area (Å²) in [6, 6.07) is 20.5. The van der Waals surface area contributed by atoms with E-state index in [1.165, 1.54) is 11.3 Å². The molecule has 2 aromatic heterocycles. The van der Waals surface area contributed by atoms with Gasteiger partial charge in [-0.15, -0.1) is 11.3 Å². The highest BCUT2D eigenvalue weighted by molar-refractivity contribution is 7.07. The molecule has 1 aliphatic rings. The summed E-state index contributed by atoms with van der Waals surface area (Å²) in [4.78, 5) is 31.1. The summed E-state index contributed by atoms with van der Waals surface area (Å²) < 4.78 is 11.0. The van der Waals surface area contributed by atoms with Crippen molar-refractivity contribution in [3.8, 4) is 22.7 Å². The van der Waals surface area contributed by atoms with Crippen molar-refractivity contribution in [2.45, 2.75) is 13.5 Å². The summed E-state index contributed by atoms with van der Waals surface area (Å²) in [6.45, 7) is 2.24. The Morgan fingerprint density at radius 2 is 1.85 bits per heavy atom. The minimum absolute atomic E-state index is 0.0141. The number of amides is 1. The zero-order valence-electron chi connectivity index (χ0n) is 21.5. The molecule has 1 amide bonds. The van der Waals surface area contributed by atoms with Gasteiger partial charge in [-0.25, -0.2) is 9.67 Å². The number of para-hydroxylation sites is 1. The van der Waals surface area contributed by atoms with E-state index in [1.54, 1.807) is 21.5 Å². The third-order valence-electron chi connectivity index (χ3n) is 6.78. The van der Waals surface area contributed by atoms with E-state index in [4.69, 9.17) is 32.9 Å². The Bertz CT molecular complexity index is 1900. The number of fused-ring (bicyclic) bond motifs is 1. The molecule has 0 atom stereocenters. The number of hydrogen-bond acceptors (Lipinski definition) is 5. The maximum atomic E-state index is 13.6. The first-order valence-electron chi connectivity index (χ1n) is 12.4. The number of carbonyl (C=O) groups is 1. The predicted molar refractivity (Wildman–Crippen MR) is 158 cm³/mol. The Balaban J connectivity index is 1.53. The molecule has 6 rings (SSSR count). The molecule has 1 N–H and O–H groups in total. The molecule has 0 unspecified atom stereocenters. The van der Waals surface area contributed by atoms with Crippen LogP contribution in [0.4, 0.5) is 11.4 Å². The first-order chi connectivity index (χ1) is 19.3. The number of halogens is 2. The van der Waals surface area contributed by atoms with Crippen molar-refractivity contribution in [1.82, 2.24) is 13.9 Å². The summed E-state index contributed by atoms with van der Waals surface area (Å²) in [5, 5.41) is 5.91. The van der Waals surface area contributed by atoms with E-state index in [0.717, 1.165) is 28.2 Å². The van der Waals surface area contributed by atoms with Crippen LogP contribution >= 0.6 is 34.5 Å². The van der Waals surface area contributed by atoms with Gasteiger partial charge >= 0.3 is 0 Å². The number of carbonyl (C=O) groups excluding carboxylic acids is 1. The van der Waals surface area contributed by atoms with Gasteiger partial charge in [-0.2, -0.15) is 0 Å². The van der Waals surface area contributed by atoms with Crippen LogP contribution in [0.25, 0.3) is 16.9 Å². The Hall–Kier alpha value is -4.05. The summed E-state index contributed by atoms with van der Waals surface area (Å²) >= 11 is 14.1. The maximum absolute atomic E-state index is 13.6. The van der Waals surface area contributed by atoms with Crippen molar-refractivity contribution in [2.24, 2.45) is 12.0 Å². The lowest BCUT2D eigenvalue weighted by Gasteiger charge is -2.19. The van der Waals surface area contributed by atoms with E-state index in [0.29, 0.717) is 38.5 Å². The highest BCUT2D eigenvalue weighted by Crippen LogP contribution is 2.33. The minimum Gasteiger partial charge on any atom is -0.482 e. The Kier molecular flexibility index (Phi) is 6.87. The van der Waals surface area contributed by atoms with E-state index in [1.807, 2.05) is 78.5 Å². The van der Waals surface area contributed by atoms with Crippen molar-refractivity contribution >= 4 is 51.8 Å². The number of nitrogens with zero attached hydrogens (tertiary/aromatic N) is 4. The van der Waals surface area contributed by atoms with Crippen LogP contribution in [0.1, 0.15) is 11.3 Å². The van der Waals surface area contributed by atoms with Crippen LogP contribution in [0.3, 0.4) is 0 Å². The van der Waals surface area contributed by atoms with Gasteiger partial charge in [-0.1, -0.05) is 47.5 Å². The van der Waals surface area contributed by atoms with Crippen LogP contribution in [-0.2, 0) is 18.4 Å². The fourth-order valence-electron chi connectivity index (χ4n) is 4.64. The van der Waals surface area contributed by atoms with Gasteiger partial charge in [0.1, 0.15) is 5.75 Å². The monoisotopic (exact) mass is 591 g/mol. The lowest BCUT2D eigenvalue weighted by atomic mass is 10.1. The number of anilines is 1.